The molecule has 0 aliphatic rings. The average Bonchev–Trinajstić information content (AvgIpc) is 2.70. The molecule has 0 radical (unpaired) electrons. The van der Waals surface area contributed by atoms with Crippen LogP contribution in [0.5, 0.6) is 5.75 Å². The first-order valence-electron chi connectivity index (χ1n) is 5.11. The van der Waals surface area contributed by atoms with E-state index >= 15 is 0 Å². The zero-order valence-electron chi connectivity index (χ0n) is 9.49. The van der Waals surface area contributed by atoms with Crippen molar-refractivity contribution in [1.29, 1.82) is 0 Å². The number of hydrogen-bond donors (Lipinski definition) is 0. The van der Waals surface area contributed by atoms with Gasteiger partial charge in [0.25, 0.3) is 0 Å². The zero-order chi connectivity index (χ0) is 12.4. The minimum absolute atomic E-state index is 0.176. The second kappa shape index (κ2) is 4.75. The molecule has 0 amide bonds. The Morgan fingerprint density at radius 3 is 2.53 bits per heavy atom. The maximum atomic E-state index is 11.7. The fourth-order valence-electron chi connectivity index (χ4n) is 1.36. The van der Waals surface area contributed by atoms with Gasteiger partial charge in [-0.25, -0.2) is 4.79 Å². The zero-order valence-corrected chi connectivity index (χ0v) is 11.1. The Morgan fingerprint density at radius 2 is 1.94 bits per heavy atom. The Hall–Kier alpha value is -1.55. The molecule has 88 valence electrons. The number of furan rings is 1. The van der Waals surface area contributed by atoms with Gasteiger partial charge in [0.1, 0.15) is 5.75 Å². The maximum absolute atomic E-state index is 11.7. The predicted molar refractivity (Wildman–Crippen MR) is 67.3 cm³/mol. The van der Waals surface area contributed by atoms with Crippen molar-refractivity contribution in [3.05, 3.63) is 51.9 Å². The van der Waals surface area contributed by atoms with Crippen LogP contribution in [0.2, 0.25) is 0 Å². The van der Waals surface area contributed by atoms with E-state index in [1.807, 2.05) is 26.0 Å². The van der Waals surface area contributed by atoms with Crippen molar-refractivity contribution in [1.82, 2.24) is 0 Å². The lowest BCUT2D eigenvalue weighted by Gasteiger charge is -2.05. The molecule has 1 aromatic heterocycles. The molecule has 0 aliphatic carbocycles. The summed E-state index contributed by atoms with van der Waals surface area (Å²) in [5.41, 5.74) is 2.24. The molecule has 0 spiro atoms. The highest BCUT2D eigenvalue weighted by atomic mass is 79.9. The van der Waals surface area contributed by atoms with E-state index in [9.17, 15) is 4.79 Å². The number of aryl methyl sites for hydroxylation is 2. The number of halogens is 1. The van der Waals surface area contributed by atoms with E-state index < -0.39 is 5.97 Å². The standard InChI is InChI=1S/C13H11BrO3/c1-8-3-4-10(7-9(8)2)16-13(15)11-5-6-12(14)17-11/h3-7H,1-2H3. The van der Waals surface area contributed by atoms with Crippen molar-refractivity contribution in [3.8, 4) is 5.75 Å². The van der Waals surface area contributed by atoms with Gasteiger partial charge in [-0.3, -0.25) is 0 Å². The van der Waals surface area contributed by atoms with Crippen LogP contribution in [-0.2, 0) is 0 Å². The molecule has 0 saturated heterocycles. The molecular weight excluding hydrogens is 284 g/mol. The number of hydrogen-bond acceptors (Lipinski definition) is 3. The molecule has 1 aromatic carbocycles. The maximum Gasteiger partial charge on any atom is 0.379 e. The molecule has 0 N–H and O–H groups in total. The largest absolute Gasteiger partial charge is 0.442 e. The Labute approximate surface area is 108 Å². The lowest BCUT2D eigenvalue weighted by Crippen LogP contribution is -2.07. The van der Waals surface area contributed by atoms with Crippen molar-refractivity contribution in [3.63, 3.8) is 0 Å². The van der Waals surface area contributed by atoms with Gasteiger partial charge in [0.05, 0.1) is 0 Å². The van der Waals surface area contributed by atoms with Gasteiger partial charge in [-0.05, 0) is 65.2 Å². The van der Waals surface area contributed by atoms with Crippen LogP contribution in [0.15, 0.2) is 39.4 Å². The van der Waals surface area contributed by atoms with E-state index in [2.05, 4.69) is 15.9 Å². The molecule has 0 atom stereocenters. The van der Waals surface area contributed by atoms with Crippen molar-refractivity contribution in [2.75, 3.05) is 0 Å². The number of ether oxygens (including phenoxy) is 1. The molecular formula is C13H11BrO3. The van der Waals surface area contributed by atoms with Crippen LogP contribution < -0.4 is 4.74 Å². The normalized spacial score (nSPS) is 10.3. The van der Waals surface area contributed by atoms with Gasteiger partial charge < -0.3 is 9.15 Å². The highest BCUT2D eigenvalue weighted by Gasteiger charge is 2.13. The van der Waals surface area contributed by atoms with Gasteiger partial charge >= 0.3 is 5.97 Å². The lowest BCUT2D eigenvalue weighted by molar-refractivity contribution is 0.0700. The number of carbonyl (C=O) groups excluding carboxylic acids is 1. The molecule has 0 aliphatic heterocycles. The second-order valence-electron chi connectivity index (χ2n) is 3.74. The van der Waals surface area contributed by atoms with Crippen LogP contribution in [0, 0.1) is 13.8 Å². The molecule has 3 nitrogen and oxygen atoms in total. The summed E-state index contributed by atoms with van der Waals surface area (Å²) in [7, 11) is 0. The molecule has 0 saturated carbocycles. The Bertz CT molecular complexity index is 558. The molecule has 0 fully saturated rings. The minimum Gasteiger partial charge on any atom is -0.442 e. The van der Waals surface area contributed by atoms with E-state index in [-0.39, 0.29) is 5.76 Å². The van der Waals surface area contributed by atoms with E-state index in [1.54, 1.807) is 18.2 Å². The fraction of sp³-hybridized carbons (Fsp3) is 0.154. The van der Waals surface area contributed by atoms with Crippen molar-refractivity contribution in [2.24, 2.45) is 0 Å². The number of esters is 1. The summed E-state index contributed by atoms with van der Waals surface area (Å²) in [5, 5.41) is 0. The van der Waals surface area contributed by atoms with Crippen LogP contribution in [-0.4, -0.2) is 5.97 Å². The van der Waals surface area contributed by atoms with Crippen LogP contribution >= 0.6 is 15.9 Å². The Kier molecular flexibility index (Phi) is 3.33. The predicted octanol–water partition coefficient (Wildman–Crippen LogP) is 3.88. The van der Waals surface area contributed by atoms with Crippen LogP contribution in [0.25, 0.3) is 0 Å². The Balaban J connectivity index is 2.15. The summed E-state index contributed by atoms with van der Waals surface area (Å²) >= 11 is 3.13. The topological polar surface area (TPSA) is 39.4 Å². The quantitative estimate of drug-likeness (QED) is 0.623. The summed E-state index contributed by atoms with van der Waals surface area (Å²) < 4.78 is 10.8. The van der Waals surface area contributed by atoms with Gasteiger partial charge in [0, 0.05) is 0 Å². The summed E-state index contributed by atoms with van der Waals surface area (Å²) in [6.07, 6.45) is 0. The molecule has 0 bridgehead atoms. The smallest absolute Gasteiger partial charge is 0.379 e. The summed E-state index contributed by atoms with van der Waals surface area (Å²) in [4.78, 5) is 11.7. The van der Waals surface area contributed by atoms with Gasteiger partial charge in [-0.15, -0.1) is 0 Å². The number of carbonyl (C=O) groups is 1. The third-order valence-corrected chi connectivity index (χ3v) is 2.89. The van der Waals surface area contributed by atoms with Crippen LogP contribution in [0.1, 0.15) is 21.7 Å². The SMILES string of the molecule is Cc1ccc(OC(=O)c2ccc(Br)o2)cc1C. The van der Waals surface area contributed by atoms with Crippen molar-refractivity contribution >= 4 is 21.9 Å². The first-order chi connectivity index (χ1) is 8.06. The summed E-state index contributed by atoms with van der Waals surface area (Å²) in [6.45, 7) is 3.97. The van der Waals surface area contributed by atoms with Crippen LogP contribution in [0.3, 0.4) is 0 Å². The van der Waals surface area contributed by atoms with Crippen molar-refractivity contribution < 1.29 is 13.9 Å². The molecule has 2 rings (SSSR count). The first kappa shape index (κ1) is 11.9. The molecule has 2 aromatic rings. The highest BCUT2D eigenvalue weighted by molar-refractivity contribution is 9.10. The monoisotopic (exact) mass is 294 g/mol. The minimum atomic E-state index is -0.501. The van der Waals surface area contributed by atoms with Gasteiger partial charge in [0.2, 0.25) is 5.76 Å². The molecule has 4 heteroatoms. The lowest BCUT2D eigenvalue weighted by atomic mass is 10.1. The molecule has 0 unspecified atom stereocenters. The summed E-state index contributed by atoms with van der Waals surface area (Å²) in [6, 6.07) is 8.71. The number of benzene rings is 1. The average molecular weight is 295 g/mol. The van der Waals surface area contributed by atoms with E-state index in [1.165, 1.54) is 0 Å². The Morgan fingerprint density at radius 1 is 1.18 bits per heavy atom. The summed E-state index contributed by atoms with van der Waals surface area (Å²) in [5.74, 6) is 0.194. The third kappa shape index (κ3) is 2.77. The van der Waals surface area contributed by atoms with Gasteiger partial charge in [-0.2, -0.15) is 0 Å². The van der Waals surface area contributed by atoms with E-state index in [0.29, 0.717) is 10.4 Å². The number of rotatable bonds is 2. The van der Waals surface area contributed by atoms with E-state index in [4.69, 9.17) is 9.15 Å². The second-order valence-corrected chi connectivity index (χ2v) is 4.52. The first-order valence-corrected chi connectivity index (χ1v) is 5.90. The highest BCUT2D eigenvalue weighted by Crippen LogP contribution is 2.19. The third-order valence-electron chi connectivity index (χ3n) is 2.46. The van der Waals surface area contributed by atoms with E-state index in [0.717, 1.165) is 11.1 Å². The van der Waals surface area contributed by atoms with Gasteiger partial charge in [-0.1, -0.05) is 6.07 Å². The molecule has 1 heterocycles. The van der Waals surface area contributed by atoms with Crippen LogP contribution in [0.4, 0.5) is 0 Å². The molecule has 17 heavy (non-hydrogen) atoms. The van der Waals surface area contributed by atoms with Crippen molar-refractivity contribution in [2.45, 2.75) is 13.8 Å². The fourth-order valence-corrected chi connectivity index (χ4v) is 1.67. The van der Waals surface area contributed by atoms with Gasteiger partial charge in [0.15, 0.2) is 4.67 Å².